The Labute approximate surface area is 93.2 Å². The van der Waals surface area contributed by atoms with Gasteiger partial charge < -0.3 is 16.0 Å². The van der Waals surface area contributed by atoms with Gasteiger partial charge >= 0.3 is 0 Å². The largest absolute Gasteiger partial charge is 0.345 e. The molecule has 0 radical (unpaired) electrons. The zero-order chi connectivity index (χ0) is 11.8. The van der Waals surface area contributed by atoms with E-state index in [1.54, 1.807) is 4.90 Å². The van der Waals surface area contributed by atoms with Gasteiger partial charge in [0, 0.05) is 20.1 Å². The smallest absolute Gasteiger partial charge is 0.226 e. The van der Waals surface area contributed by atoms with Gasteiger partial charge in [0.1, 0.15) is 0 Å². The molecule has 0 bridgehead atoms. The van der Waals surface area contributed by atoms with Crippen molar-refractivity contribution in [3.8, 4) is 0 Å². The summed E-state index contributed by atoms with van der Waals surface area (Å²) in [5.74, 6) is 0.447. The molecule has 4 nitrogen and oxygen atoms in total. The van der Waals surface area contributed by atoms with Crippen molar-refractivity contribution >= 4 is 5.91 Å². The number of hydrogen-bond acceptors (Lipinski definition) is 3. The molecule has 0 aromatic rings. The van der Waals surface area contributed by atoms with Crippen LogP contribution in [0.15, 0.2) is 0 Å². The summed E-state index contributed by atoms with van der Waals surface area (Å²) in [6.07, 6.45) is 0.980. The molecule has 0 heterocycles. The minimum atomic E-state index is -0.0374. The highest BCUT2D eigenvalue weighted by Crippen LogP contribution is 2.12. The Bertz CT molecular complexity index is 183. The molecule has 4 heteroatoms. The number of nitrogens with one attached hydrogen (secondary N) is 1. The second kappa shape index (κ2) is 7.65. The Morgan fingerprint density at radius 2 is 2.07 bits per heavy atom. The summed E-state index contributed by atoms with van der Waals surface area (Å²) in [6, 6.07) is 0. The fourth-order valence-corrected chi connectivity index (χ4v) is 1.54. The Morgan fingerprint density at radius 1 is 1.47 bits per heavy atom. The third-order valence-electron chi connectivity index (χ3n) is 2.67. The van der Waals surface area contributed by atoms with Crippen LogP contribution in [0.25, 0.3) is 0 Å². The summed E-state index contributed by atoms with van der Waals surface area (Å²) in [5.41, 5.74) is 5.61. The van der Waals surface area contributed by atoms with Crippen molar-refractivity contribution < 1.29 is 4.79 Å². The summed E-state index contributed by atoms with van der Waals surface area (Å²) in [6.45, 7) is 6.25. The Hall–Kier alpha value is -0.610. The predicted molar refractivity (Wildman–Crippen MR) is 63.6 cm³/mol. The molecule has 15 heavy (non-hydrogen) atoms. The molecule has 90 valence electrons. The number of carbonyl (C=O) groups is 1. The minimum absolute atomic E-state index is 0.0374. The molecule has 0 aromatic heterocycles. The molecule has 0 aliphatic heterocycles. The Morgan fingerprint density at radius 3 is 2.47 bits per heavy atom. The first-order valence-electron chi connectivity index (χ1n) is 5.64. The number of nitrogens with two attached hydrogens (primary N) is 1. The quantitative estimate of drug-likeness (QED) is 0.600. The van der Waals surface area contributed by atoms with Crippen LogP contribution in [0.3, 0.4) is 0 Å². The Kier molecular flexibility index (Phi) is 7.34. The van der Waals surface area contributed by atoms with Gasteiger partial charge in [-0.1, -0.05) is 13.8 Å². The third-order valence-corrected chi connectivity index (χ3v) is 2.67. The summed E-state index contributed by atoms with van der Waals surface area (Å²) in [4.78, 5) is 13.7. The van der Waals surface area contributed by atoms with Crippen LogP contribution < -0.4 is 11.1 Å². The summed E-state index contributed by atoms with van der Waals surface area (Å²) < 4.78 is 0. The molecule has 0 aliphatic rings. The number of carbonyl (C=O) groups excluding carboxylic acids is 1. The van der Waals surface area contributed by atoms with Crippen molar-refractivity contribution in [2.75, 3.05) is 33.7 Å². The van der Waals surface area contributed by atoms with E-state index in [2.05, 4.69) is 5.32 Å². The van der Waals surface area contributed by atoms with Crippen LogP contribution in [-0.4, -0.2) is 44.5 Å². The van der Waals surface area contributed by atoms with Crippen LogP contribution in [0, 0.1) is 11.8 Å². The molecule has 0 rings (SSSR count). The van der Waals surface area contributed by atoms with E-state index in [0.29, 0.717) is 12.5 Å². The van der Waals surface area contributed by atoms with Gasteiger partial charge in [0.25, 0.3) is 0 Å². The first-order valence-corrected chi connectivity index (χ1v) is 5.64. The lowest BCUT2D eigenvalue weighted by Crippen LogP contribution is -2.40. The van der Waals surface area contributed by atoms with E-state index in [1.165, 1.54) is 0 Å². The maximum absolute atomic E-state index is 11.9. The number of rotatable bonds is 7. The minimum Gasteiger partial charge on any atom is -0.345 e. The topological polar surface area (TPSA) is 58.4 Å². The molecule has 0 aromatic carbocycles. The van der Waals surface area contributed by atoms with Gasteiger partial charge in [-0.05, 0) is 25.9 Å². The van der Waals surface area contributed by atoms with Gasteiger partial charge in [0.05, 0.1) is 5.92 Å². The average molecular weight is 215 g/mol. The van der Waals surface area contributed by atoms with Gasteiger partial charge in [0.2, 0.25) is 5.91 Å². The molecular weight excluding hydrogens is 190 g/mol. The molecule has 1 atom stereocenters. The van der Waals surface area contributed by atoms with Crippen molar-refractivity contribution in [2.24, 2.45) is 17.6 Å². The Balaban J connectivity index is 4.05. The van der Waals surface area contributed by atoms with Crippen molar-refractivity contribution in [3.05, 3.63) is 0 Å². The molecule has 0 saturated carbocycles. The molecule has 3 N–H and O–H groups in total. The van der Waals surface area contributed by atoms with E-state index in [4.69, 9.17) is 5.73 Å². The van der Waals surface area contributed by atoms with E-state index in [-0.39, 0.29) is 11.8 Å². The summed E-state index contributed by atoms with van der Waals surface area (Å²) in [5, 5.41) is 3.07. The first kappa shape index (κ1) is 14.4. The van der Waals surface area contributed by atoms with Gasteiger partial charge in [-0.25, -0.2) is 0 Å². The van der Waals surface area contributed by atoms with Crippen molar-refractivity contribution in [3.63, 3.8) is 0 Å². The number of nitrogens with zero attached hydrogens (tertiary/aromatic N) is 1. The maximum atomic E-state index is 11.9. The molecule has 1 unspecified atom stereocenters. The zero-order valence-corrected chi connectivity index (χ0v) is 10.4. The second-order valence-electron chi connectivity index (χ2n) is 4.30. The van der Waals surface area contributed by atoms with Crippen molar-refractivity contribution in [2.45, 2.75) is 20.3 Å². The first-order chi connectivity index (χ1) is 7.04. The maximum Gasteiger partial charge on any atom is 0.226 e. The van der Waals surface area contributed by atoms with Crippen LogP contribution >= 0.6 is 0 Å². The number of amides is 1. The SMILES string of the molecule is CNCCCN(C)C(=O)C(CN)C(C)C. The van der Waals surface area contributed by atoms with E-state index < -0.39 is 0 Å². The molecule has 0 spiro atoms. The van der Waals surface area contributed by atoms with Gasteiger partial charge in [-0.15, -0.1) is 0 Å². The standard InChI is InChI=1S/C11H25N3O/c1-9(2)10(8-12)11(15)14(4)7-5-6-13-3/h9-10,13H,5-8,12H2,1-4H3. The van der Waals surface area contributed by atoms with Crippen LogP contribution in [0.2, 0.25) is 0 Å². The third kappa shape index (κ3) is 5.14. The summed E-state index contributed by atoms with van der Waals surface area (Å²) >= 11 is 0. The molecule has 0 saturated heterocycles. The van der Waals surface area contributed by atoms with Crippen molar-refractivity contribution in [1.82, 2.24) is 10.2 Å². The molecule has 0 aliphatic carbocycles. The zero-order valence-electron chi connectivity index (χ0n) is 10.4. The number of hydrogen-bond donors (Lipinski definition) is 2. The average Bonchev–Trinajstić information content (AvgIpc) is 2.18. The van der Waals surface area contributed by atoms with Crippen molar-refractivity contribution in [1.29, 1.82) is 0 Å². The van der Waals surface area contributed by atoms with Crippen LogP contribution in [0.5, 0.6) is 0 Å². The van der Waals surface area contributed by atoms with Gasteiger partial charge in [0.15, 0.2) is 0 Å². The fraction of sp³-hybridized carbons (Fsp3) is 0.909. The van der Waals surface area contributed by atoms with E-state index in [9.17, 15) is 4.79 Å². The van der Waals surface area contributed by atoms with E-state index in [1.807, 2.05) is 27.9 Å². The van der Waals surface area contributed by atoms with Crippen LogP contribution in [-0.2, 0) is 4.79 Å². The highest BCUT2D eigenvalue weighted by molar-refractivity contribution is 5.79. The van der Waals surface area contributed by atoms with Crippen LogP contribution in [0.1, 0.15) is 20.3 Å². The van der Waals surface area contributed by atoms with Gasteiger partial charge in [-0.3, -0.25) is 4.79 Å². The highest BCUT2D eigenvalue weighted by atomic mass is 16.2. The lowest BCUT2D eigenvalue weighted by Gasteiger charge is -2.25. The fourth-order valence-electron chi connectivity index (χ4n) is 1.54. The monoisotopic (exact) mass is 215 g/mol. The van der Waals surface area contributed by atoms with E-state index >= 15 is 0 Å². The molecule has 1 amide bonds. The molecule has 0 fully saturated rings. The predicted octanol–water partition coefficient (Wildman–Crippen LogP) is 0.285. The second-order valence-corrected chi connectivity index (χ2v) is 4.30. The van der Waals surface area contributed by atoms with Gasteiger partial charge in [-0.2, -0.15) is 0 Å². The summed E-state index contributed by atoms with van der Waals surface area (Å²) in [7, 11) is 3.77. The molecular formula is C11H25N3O. The lowest BCUT2D eigenvalue weighted by atomic mass is 9.94. The lowest BCUT2D eigenvalue weighted by molar-refractivity contribution is -0.135. The van der Waals surface area contributed by atoms with Crippen LogP contribution in [0.4, 0.5) is 0 Å². The normalized spacial score (nSPS) is 12.9. The van der Waals surface area contributed by atoms with E-state index in [0.717, 1.165) is 19.5 Å². The highest BCUT2D eigenvalue weighted by Gasteiger charge is 2.23.